The first kappa shape index (κ1) is 32.3. The molecule has 4 rings (SSSR count). The van der Waals surface area contributed by atoms with E-state index in [4.69, 9.17) is 4.99 Å². The van der Waals surface area contributed by atoms with Gasteiger partial charge in [0.05, 0.1) is 11.6 Å². The Morgan fingerprint density at radius 2 is 1.76 bits per heavy atom. The summed E-state index contributed by atoms with van der Waals surface area (Å²) in [5, 5.41) is 0. The minimum atomic E-state index is -4.48. The fourth-order valence-electron chi connectivity index (χ4n) is 6.98. The van der Waals surface area contributed by atoms with E-state index in [-0.39, 0.29) is 28.6 Å². The number of benzene rings is 1. The molecule has 1 aromatic rings. The van der Waals surface area contributed by atoms with Gasteiger partial charge in [0, 0.05) is 5.56 Å². The topological polar surface area (TPSA) is 32.7 Å². The third kappa shape index (κ3) is 7.29. The van der Waals surface area contributed by atoms with Gasteiger partial charge in [-0.2, -0.15) is 13.2 Å². The van der Waals surface area contributed by atoms with Crippen molar-refractivity contribution >= 4 is 11.6 Å². The summed E-state index contributed by atoms with van der Waals surface area (Å²) in [5.41, 5.74) is 2.92. The van der Waals surface area contributed by atoms with Crippen LogP contribution in [0.1, 0.15) is 123 Å². The minimum Gasteiger partial charge on any atom is -0.306 e. The van der Waals surface area contributed by atoms with E-state index in [1.54, 1.807) is 6.07 Å². The predicted molar refractivity (Wildman–Crippen MR) is 166 cm³/mol. The van der Waals surface area contributed by atoms with E-state index in [0.717, 1.165) is 57.1 Å². The minimum absolute atomic E-state index is 0.151. The second-order valence-electron chi connectivity index (χ2n) is 13.8. The number of halogens is 3. The molecule has 1 spiro atoms. The number of hydrogen-bond donors (Lipinski definition) is 0. The predicted octanol–water partition coefficient (Wildman–Crippen LogP) is 10.2. The van der Waals surface area contributed by atoms with Gasteiger partial charge in [-0.05, 0) is 99.8 Å². The second kappa shape index (κ2) is 12.9. The van der Waals surface area contributed by atoms with Gasteiger partial charge in [0.15, 0.2) is 0 Å². The number of nitrogens with zero attached hydrogens (tertiary/aromatic N) is 2. The number of carbonyl (C=O) groups excluding carboxylic acids is 1. The molecule has 1 saturated carbocycles. The van der Waals surface area contributed by atoms with Gasteiger partial charge in [-0.25, -0.2) is 0 Å². The molecule has 230 valence electrons. The van der Waals surface area contributed by atoms with Crippen LogP contribution in [0.4, 0.5) is 13.2 Å². The van der Waals surface area contributed by atoms with Crippen LogP contribution in [-0.4, -0.2) is 28.2 Å². The lowest BCUT2D eigenvalue weighted by molar-refractivity contribution is -0.137. The summed E-state index contributed by atoms with van der Waals surface area (Å²) in [6, 6.07) is 4.89. The average molecular weight is 583 g/mol. The van der Waals surface area contributed by atoms with Gasteiger partial charge in [0.2, 0.25) is 0 Å². The molecule has 1 aliphatic heterocycles. The highest BCUT2D eigenvalue weighted by molar-refractivity contribution is 6.46. The SMILES string of the molecule is CCCCCCC1=CC=C(C(C)N2C(=O)C(c3cccc(C(F)(F)F)c3)=NC23CCC(C(C)(C)C)CC3)CCC(C)=C1. The summed E-state index contributed by atoms with van der Waals surface area (Å²) in [5.74, 6) is 0.254. The van der Waals surface area contributed by atoms with Crippen LogP contribution in [-0.2, 0) is 11.0 Å². The molecule has 2 aliphatic carbocycles. The molecule has 0 radical (unpaired) electrons. The monoisotopic (exact) mass is 582 g/mol. The van der Waals surface area contributed by atoms with Gasteiger partial charge < -0.3 is 4.90 Å². The standard InChI is InChI=1S/C36H49F3N2O/c1-7-8-9-10-12-27-16-18-28(17-15-25(2)23-27)26(3)41-33(42)32(29-13-11-14-31(24-29)36(37,38)39)40-35(41)21-19-30(20-22-35)34(4,5)6/h11,13-14,16,18,23-24,26,30H,7-10,12,15,17,19-22H2,1-6H3. The van der Waals surface area contributed by atoms with Crippen molar-refractivity contribution in [1.29, 1.82) is 0 Å². The smallest absolute Gasteiger partial charge is 0.306 e. The molecule has 3 aliphatic rings. The first-order chi connectivity index (χ1) is 19.7. The number of amides is 1. The van der Waals surface area contributed by atoms with Crippen molar-refractivity contribution in [3.05, 3.63) is 70.3 Å². The molecule has 0 saturated heterocycles. The lowest BCUT2D eigenvalue weighted by atomic mass is 9.69. The number of rotatable bonds is 8. The Balaban J connectivity index is 1.69. The van der Waals surface area contributed by atoms with Crippen LogP contribution in [0.25, 0.3) is 0 Å². The zero-order chi connectivity index (χ0) is 30.7. The lowest BCUT2D eigenvalue weighted by Crippen LogP contribution is -2.54. The van der Waals surface area contributed by atoms with E-state index in [9.17, 15) is 18.0 Å². The third-order valence-corrected chi connectivity index (χ3v) is 9.66. The van der Waals surface area contributed by atoms with E-state index in [1.165, 1.54) is 48.5 Å². The Bertz CT molecular complexity index is 1250. The number of unbranched alkanes of at least 4 members (excludes halogenated alkanes) is 3. The number of alkyl halides is 3. The van der Waals surface area contributed by atoms with Gasteiger partial charge in [-0.1, -0.05) is 82.9 Å². The maximum Gasteiger partial charge on any atom is 0.416 e. The Kier molecular flexibility index (Phi) is 9.94. The van der Waals surface area contributed by atoms with Gasteiger partial charge >= 0.3 is 6.18 Å². The first-order valence-electron chi connectivity index (χ1n) is 15.9. The molecule has 3 nitrogen and oxygen atoms in total. The summed E-state index contributed by atoms with van der Waals surface area (Å²) in [6.07, 6.45) is 13.2. The number of aliphatic imine (C=N–C) groups is 1. The highest BCUT2D eigenvalue weighted by Gasteiger charge is 2.52. The van der Waals surface area contributed by atoms with Crippen molar-refractivity contribution in [2.24, 2.45) is 16.3 Å². The number of carbonyl (C=O) groups is 1. The molecule has 1 aromatic carbocycles. The van der Waals surface area contributed by atoms with Crippen LogP contribution >= 0.6 is 0 Å². The molecule has 0 bridgehead atoms. The zero-order valence-corrected chi connectivity index (χ0v) is 26.4. The zero-order valence-electron chi connectivity index (χ0n) is 26.4. The highest BCUT2D eigenvalue weighted by atomic mass is 19.4. The Hall–Kier alpha value is -2.63. The van der Waals surface area contributed by atoms with Crippen molar-refractivity contribution in [1.82, 2.24) is 4.90 Å². The van der Waals surface area contributed by atoms with Gasteiger partial charge in [-0.15, -0.1) is 0 Å². The Morgan fingerprint density at radius 3 is 2.40 bits per heavy atom. The van der Waals surface area contributed by atoms with Crippen LogP contribution in [0.15, 0.2) is 64.2 Å². The molecule has 1 amide bonds. The first-order valence-corrected chi connectivity index (χ1v) is 15.9. The lowest BCUT2D eigenvalue weighted by Gasteiger charge is -2.47. The molecule has 6 heteroatoms. The van der Waals surface area contributed by atoms with Crippen LogP contribution in [0.2, 0.25) is 0 Å². The molecule has 0 N–H and O–H groups in total. The summed E-state index contributed by atoms with van der Waals surface area (Å²) in [7, 11) is 0. The van der Waals surface area contributed by atoms with E-state index in [2.05, 4.69) is 59.8 Å². The maximum atomic E-state index is 14.2. The fourth-order valence-corrected chi connectivity index (χ4v) is 6.98. The molecular formula is C36H49F3N2O. The molecule has 0 aromatic heterocycles. The molecule has 1 unspecified atom stereocenters. The summed E-state index contributed by atoms with van der Waals surface area (Å²) in [6.45, 7) is 13.3. The van der Waals surface area contributed by atoms with E-state index in [1.807, 2.05) is 4.90 Å². The van der Waals surface area contributed by atoms with Crippen molar-refractivity contribution in [2.75, 3.05) is 0 Å². The molecule has 1 atom stereocenters. The van der Waals surface area contributed by atoms with Crippen molar-refractivity contribution in [3.63, 3.8) is 0 Å². The second-order valence-corrected chi connectivity index (χ2v) is 13.8. The summed E-state index contributed by atoms with van der Waals surface area (Å²) in [4.78, 5) is 21.3. The van der Waals surface area contributed by atoms with Crippen LogP contribution in [0.3, 0.4) is 0 Å². The van der Waals surface area contributed by atoms with Crippen molar-refractivity contribution in [3.8, 4) is 0 Å². The molecule has 1 heterocycles. The molecule has 1 fully saturated rings. The fraction of sp³-hybridized carbons (Fsp3) is 0.611. The third-order valence-electron chi connectivity index (χ3n) is 9.66. The maximum absolute atomic E-state index is 14.2. The quantitative estimate of drug-likeness (QED) is 0.281. The van der Waals surface area contributed by atoms with Gasteiger partial charge in [0.1, 0.15) is 11.4 Å². The normalized spacial score (nSPS) is 24.5. The molecular weight excluding hydrogens is 533 g/mol. The van der Waals surface area contributed by atoms with Crippen LogP contribution < -0.4 is 0 Å². The van der Waals surface area contributed by atoms with Crippen molar-refractivity contribution < 1.29 is 18.0 Å². The molecule has 42 heavy (non-hydrogen) atoms. The van der Waals surface area contributed by atoms with Crippen LogP contribution in [0, 0.1) is 11.3 Å². The Labute approximate surface area is 251 Å². The van der Waals surface area contributed by atoms with Crippen molar-refractivity contribution in [2.45, 2.75) is 130 Å². The van der Waals surface area contributed by atoms with Gasteiger partial charge in [0.25, 0.3) is 5.91 Å². The van der Waals surface area contributed by atoms with E-state index < -0.39 is 17.4 Å². The van der Waals surface area contributed by atoms with Gasteiger partial charge in [-0.3, -0.25) is 9.79 Å². The number of allylic oxidation sites excluding steroid dienone is 5. The van der Waals surface area contributed by atoms with Crippen LogP contribution in [0.5, 0.6) is 0 Å². The Morgan fingerprint density at radius 1 is 1.05 bits per heavy atom. The summed E-state index contributed by atoms with van der Waals surface area (Å²) >= 11 is 0. The number of hydrogen-bond acceptors (Lipinski definition) is 2. The average Bonchev–Trinajstić information content (AvgIpc) is 3.19. The van der Waals surface area contributed by atoms with E-state index in [0.29, 0.717) is 5.92 Å². The largest absolute Gasteiger partial charge is 0.416 e. The summed E-state index contributed by atoms with van der Waals surface area (Å²) < 4.78 is 40.8. The highest BCUT2D eigenvalue weighted by Crippen LogP contribution is 2.48. The van der Waals surface area contributed by atoms with E-state index >= 15 is 0 Å².